The number of nitrogens with one attached hydrogen (secondary N) is 1. The van der Waals surface area contributed by atoms with Crippen molar-refractivity contribution in [3.8, 4) is 0 Å². The molecule has 120 valence electrons. The van der Waals surface area contributed by atoms with E-state index in [1.807, 2.05) is 40.9 Å². The third-order valence-corrected chi connectivity index (χ3v) is 5.40. The van der Waals surface area contributed by atoms with Crippen molar-refractivity contribution < 1.29 is 9.53 Å². The molecule has 2 fully saturated rings. The first-order valence-electron chi connectivity index (χ1n) is 7.68. The van der Waals surface area contributed by atoms with Crippen LogP contribution in [0.1, 0.15) is 18.0 Å². The molecular formula is C16H21ClN2O2S. The molecule has 4 nitrogen and oxygen atoms in total. The van der Waals surface area contributed by atoms with Gasteiger partial charge in [-0.3, -0.25) is 4.79 Å². The van der Waals surface area contributed by atoms with E-state index in [-0.39, 0.29) is 18.0 Å². The van der Waals surface area contributed by atoms with Gasteiger partial charge in [-0.05, 0) is 17.7 Å². The zero-order chi connectivity index (χ0) is 15.4. The van der Waals surface area contributed by atoms with Crippen LogP contribution >= 0.6 is 23.4 Å². The normalized spacial score (nSPS) is 26.0. The van der Waals surface area contributed by atoms with E-state index in [0.717, 1.165) is 41.8 Å². The summed E-state index contributed by atoms with van der Waals surface area (Å²) in [4.78, 5) is 14.7. The molecule has 0 spiro atoms. The number of morpholine rings is 1. The van der Waals surface area contributed by atoms with Crippen LogP contribution in [-0.2, 0) is 9.53 Å². The van der Waals surface area contributed by atoms with Crippen LogP contribution in [0.4, 0.5) is 0 Å². The zero-order valence-electron chi connectivity index (χ0n) is 12.5. The number of hydrogen-bond acceptors (Lipinski definition) is 4. The van der Waals surface area contributed by atoms with E-state index >= 15 is 0 Å². The van der Waals surface area contributed by atoms with Gasteiger partial charge in [0.1, 0.15) is 0 Å². The molecule has 2 heterocycles. The lowest BCUT2D eigenvalue weighted by Gasteiger charge is -2.37. The molecular weight excluding hydrogens is 320 g/mol. The second-order valence-electron chi connectivity index (χ2n) is 5.66. The number of benzene rings is 1. The fourth-order valence-corrected chi connectivity index (χ4v) is 4.16. The number of ether oxygens (including phenoxy) is 1. The van der Waals surface area contributed by atoms with Crippen molar-refractivity contribution in [2.45, 2.75) is 18.5 Å². The summed E-state index contributed by atoms with van der Waals surface area (Å²) in [6, 6.07) is 8.14. The largest absolute Gasteiger partial charge is 0.378 e. The molecule has 2 aliphatic rings. The predicted molar refractivity (Wildman–Crippen MR) is 90.5 cm³/mol. The quantitative estimate of drug-likeness (QED) is 0.917. The van der Waals surface area contributed by atoms with Crippen molar-refractivity contribution >= 4 is 29.3 Å². The summed E-state index contributed by atoms with van der Waals surface area (Å²) in [5, 5.41) is 4.09. The van der Waals surface area contributed by atoms with Crippen LogP contribution in [0.3, 0.4) is 0 Å². The van der Waals surface area contributed by atoms with E-state index in [1.54, 1.807) is 0 Å². The van der Waals surface area contributed by atoms with Gasteiger partial charge in [0.05, 0.1) is 19.3 Å². The lowest BCUT2D eigenvalue weighted by molar-refractivity contribution is -0.134. The Balaban J connectivity index is 1.68. The molecule has 0 radical (unpaired) electrons. The molecule has 0 aromatic heterocycles. The molecule has 1 N–H and O–H groups in total. The van der Waals surface area contributed by atoms with Crippen molar-refractivity contribution in [1.82, 2.24) is 10.2 Å². The SMILES string of the molecule is O=C(CC1COCCN1)N1CCSCC1c1ccc(Cl)cc1. The smallest absolute Gasteiger partial charge is 0.224 e. The van der Waals surface area contributed by atoms with Crippen molar-refractivity contribution in [1.29, 1.82) is 0 Å². The minimum absolute atomic E-state index is 0.140. The lowest BCUT2D eigenvalue weighted by Crippen LogP contribution is -2.47. The molecule has 22 heavy (non-hydrogen) atoms. The molecule has 2 aliphatic heterocycles. The number of halogens is 1. The highest BCUT2D eigenvalue weighted by Gasteiger charge is 2.30. The van der Waals surface area contributed by atoms with Crippen LogP contribution in [0.2, 0.25) is 5.02 Å². The van der Waals surface area contributed by atoms with E-state index in [1.165, 1.54) is 0 Å². The number of nitrogens with zero attached hydrogens (tertiary/aromatic N) is 1. The second-order valence-corrected chi connectivity index (χ2v) is 7.25. The minimum Gasteiger partial charge on any atom is -0.378 e. The lowest BCUT2D eigenvalue weighted by atomic mass is 10.1. The first-order chi connectivity index (χ1) is 10.7. The highest BCUT2D eigenvalue weighted by Crippen LogP contribution is 2.31. The number of hydrogen-bond donors (Lipinski definition) is 1. The molecule has 2 saturated heterocycles. The zero-order valence-corrected chi connectivity index (χ0v) is 14.0. The Morgan fingerprint density at radius 3 is 2.95 bits per heavy atom. The maximum atomic E-state index is 12.7. The van der Waals surface area contributed by atoms with Crippen molar-refractivity contribution in [3.05, 3.63) is 34.9 Å². The van der Waals surface area contributed by atoms with E-state index in [9.17, 15) is 4.79 Å². The summed E-state index contributed by atoms with van der Waals surface area (Å²) in [7, 11) is 0. The van der Waals surface area contributed by atoms with Gasteiger partial charge in [-0.15, -0.1) is 0 Å². The Morgan fingerprint density at radius 2 is 2.23 bits per heavy atom. The molecule has 6 heteroatoms. The standard InChI is InChI=1S/C16H21ClN2O2S/c17-13-3-1-12(2-4-13)15-11-22-8-6-19(15)16(20)9-14-10-21-7-5-18-14/h1-4,14-15,18H,5-11H2. The van der Waals surface area contributed by atoms with Crippen LogP contribution in [0.25, 0.3) is 0 Å². The number of carbonyl (C=O) groups excluding carboxylic acids is 1. The average Bonchev–Trinajstić information content (AvgIpc) is 2.56. The Kier molecular flexibility index (Phi) is 5.63. The van der Waals surface area contributed by atoms with Crippen LogP contribution in [0.5, 0.6) is 0 Å². The summed E-state index contributed by atoms with van der Waals surface area (Å²) in [5.74, 6) is 2.16. The molecule has 1 aromatic rings. The topological polar surface area (TPSA) is 41.6 Å². The Morgan fingerprint density at radius 1 is 1.41 bits per heavy atom. The molecule has 2 atom stereocenters. The Hall–Kier alpha value is -0.750. The van der Waals surface area contributed by atoms with Gasteiger partial charge in [0.25, 0.3) is 0 Å². The van der Waals surface area contributed by atoms with E-state index < -0.39 is 0 Å². The summed E-state index contributed by atoms with van der Waals surface area (Å²) >= 11 is 7.87. The van der Waals surface area contributed by atoms with Gasteiger partial charge in [0.15, 0.2) is 0 Å². The second kappa shape index (κ2) is 7.68. The van der Waals surface area contributed by atoms with Crippen LogP contribution in [0, 0.1) is 0 Å². The average molecular weight is 341 g/mol. The molecule has 2 unspecified atom stereocenters. The van der Waals surface area contributed by atoms with Crippen LogP contribution in [0.15, 0.2) is 24.3 Å². The number of rotatable bonds is 3. The van der Waals surface area contributed by atoms with Gasteiger partial charge in [-0.1, -0.05) is 23.7 Å². The summed E-state index contributed by atoms with van der Waals surface area (Å²) in [6.45, 7) is 3.00. The highest BCUT2D eigenvalue weighted by atomic mass is 35.5. The van der Waals surface area contributed by atoms with E-state index in [2.05, 4.69) is 5.32 Å². The Bertz CT molecular complexity index is 505. The fourth-order valence-electron chi connectivity index (χ4n) is 2.94. The van der Waals surface area contributed by atoms with Crippen LogP contribution in [-0.4, -0.2) is 54.7 Å². The molecule has 3 rings (SSSR count). The third-order valence-electron chi connectivity index (χ3n) is 4.12. The summed E-state index contributed by atoms with van der Waals surface area (Å²) < 4.78 is 5.44. The maximum Gasteiger partial charge on any atom is 0.224 e. The van der Waals surface area contributed by atoms with Gasteiger partial charge in [-0.25, -0.2) is 0 Å². The number of thioether (sulfide) groups is 1. The van der Waals surface area contributed by atoms with E-state index in [0.29, 0.717) is 13.0 Å². The van der Waals surface area contributed by atoms with Gasteiger partial charge in [0.2, 0.25) is 5.91 Å². The molecule has 0 bridgehead atoms. The van der Waals surface area contributed by atoms with E-state index in [4.69, 9.17) is 16.3 Å². The third kappa shape index (κ3) is 3.96. The first-order valence-corrected chi connectivity index (χ1v) is 9.21. The molecule has 1 amide bonds. The molecule has 0 saturated carbocycles. The minimum atomic E-state index is 0.140. The van der Waals surface area contributed by atoms with Crippen LogP contribution < -0.4 is 5.32 Å². The van der Waals surface area contributed by atoms with Gasteiger partial charge in [0, 0.05) is 42.1 Å². The fraction of sp³-hybridized carbons (Fsp3) is 0.562. The summed E-state index contributed by atoms with van der Waals surface area (Å²) in [6.07, 6.45) is 0.509. The summed E-state index contributed by atoms with van der Waals surface area (Å²) in [5.41, 5.74) is 1.16. The maximum absolute atomic E-state index is 12.7. The Labute approximate surface area is 140 Å². The molecule has 0 aliphatic carbocycles. The highest BCUT2D eigenvalue weighted by molar-refractivity contribution is 7.99. The predicted octanol–water partition coefficient (Wildman–Crippen LogP) is 2.33. The number of carbonyl (C=O) groups is 1. The van der Waals surface area contributed by atoms with Crippen molar-refractivity contribution in [2.75, 3.05) is 37.8 Å². The van der Waals surface area contributed by atoms with Gasteiger partial charge in [-0.2, -0.15) is 11.8 Å². The first kappa shape index (κ1) is 16.1. The van der Waals surface area contributed by atoms with Crippen molar-refractivity contribution in [2.24, 2.45) is 0 Å². The van der Waals surface area contributed by atoms with Crippen molar-refractivity contribution in [3.63, 3.8) is 0 Å². The molecule has 1 aromatic carbocycles. The van der Waals surface area contributed by atoms with Gasteiger partial charge >= 0.3 is 0 Å². The number of amides is 1. The van der Waals surface area contributed by atoms with Gasteiger partial charge < -0.3 is 15.0 Å². The monoisotopic (exact) mass is 340 g/mol.